The van der Waals surface area contributed by atoms with E-state index in [1.165, 1.54) is 17.7 Å². The Kier molecular flexibility index (Phi) is 5.10. The summed E-state index contributed by atoms with van der Waals surface area (Å²) in [6.45, 7) is 3.16. The Morgan fingerprint density at radius 2 is 1.58 bits per heavy atom. The molecule has 4 aromatic rings. The number of hydrogen-bond donors (Lipinski definition) is 1. The SMILES string of the molecule is CC1(c2ccccc2)COC(c2nc(-c3ccc(F)cc3)c(-c3ccncc3)[nH]2)OC1. The maximum absolute atomic E-state index is 13.5. The van der Waals surface area contributed by atoms with Gasteiger partial charge in [-0.05, 0) is 42.0 Å². The molecule has 5 nitrogen and oxygen atoms in total. The second kappa shape index (κ2) is 8.06. The second-order valence-electron chi connectivity index (χ2n) is 7.97. The quantitative estimate of drug-likeness (QED) is 0.493. The molecule has 0 spiro atoms. The highest BCUT2D eigenvalue weighted by molar-refractivity contribution is 5.78. The van der Waals surface area contributed by atoms with E-state index in [0.29, 0.717) is 24.7 Å². The fourth-order valence-electron chi connectivity index (χ4n) is 3.82. The molecule has 2 aromatic carbocycles. The van der Waals surface area contributed by atoms with Crippen LogP contribution in [0.1, 0.15) is 24.6 Å². The topological polar surface area (TPSA) is 60.0 Å². The van der Waals surface area contributed by atoms with Crippen molar-refractivity contribution in [1.82, 2.24) is 15.0 Å². The average Bonchev–Trinajstić information content (AvgIpc) is 3.27. The number of nitrogens with one attached hydrogen (secondary N) is 1. The number of halogens is 1. The molecule has 1 N–H and O–H groups in total. The summed E-state index contributed by atoms with van der Waals surface area (Å²) in [6, 6.07) is 20.3. The molecule has 31 heavy (non-hydrogen) atoms. The number of aromatic amines is 1. The van der Waals surface area contributed by atoms with Crippen LogP contribution in [0.2, 0.25) is 0 Å². The monoisotopic (exact) mass is 415 g/mol. The number of ether oxygens (including phenoxy) is 2. The van der Waals surface area contributed by atoms with Gasteiger partial charge in [-0.1, -0.05) is 37.3 Å². The largest absolute Gasteiger partial charge is 0.345 e. The van der Waals surface area contributed by atoms with Gasteiger partial charge in [-0.15, -0.1) is 0 Å². The molecule has 1 fully saturated rings. The molecule has 1 aliphatic heterocycles. The lowest BCUT2D eigenvalue weighted by Crippen LogP contribution is -2.40. The van der Waals surface area contributed by atoms with Gasteiger partial charge < -0.3 is 14.5 Å². The van der Waals surface area contributed by atoms with Gasteiger partial charge >= 0.3 is 0 Å². The number of pyridine rings is 1. The van der Waals surface area contributed by atoms with Crippen molar-refractivity contribution in [3.63, 3.8) is 0 Å². The van der Waals surface area contributed by atoms with Gasteiger partial charge in [0.2, 0.25) is 6.29 Å². The molecular formula is C25H22FN3O2. The van der Waals surface area contributed by atoms with Gasteiger partial charge in [-0.2, -0.15) is 0 Å². The van der Waals surface area contributed by atoms with Crippen LogP contribution < -0.4 is 0 Å². The average molecular weight is 415 g/mol. The predicted molar refractivity (Wildman–Crippen MR) is 116 cm³/mol. The third-order valence-electron chi connectivity index (χ3n) is 5.61. The summed E-state index contributed by atoms with van der Waals surface area (Å²) in [7, 11) is 0. The van der Waals surface area contributed by atoms with Gasteiger partial charge in [-0.3, -0.25) is 4.98 Å². The first kappa shape index (κ1) is 19.6. The Labute approximate surface area is 179 Å². The van der Waals surface area contributed by atoms with Crippen LogP contribution in [0.5, 0.6) is 0 Å². The zero-order valence-corrected chi connectivity index (χ0v) is 17.1. The van der Waals surface area contributed by atoms with E-state index in [0.717, 1.165) is 16.8 Å². The Morgan fingerprint density at radius 1 is 0.903 bits per heavy atom. The van der Waals surface area contributed by atoms with Crippen molar-refractivity contribution >= 4 is 0 Å². The van der Waals surface area contributed by atoms with Crippen molar-refractivity contribution in [3.05, 3.63) is 96.3 Å². The van der Waals surface area contributed by atoms with Crippen molar-refractivity contribution in [1.29, 1.82) is 0 Å². The van der Waals surface area contributed by atoms with E-state index < -0.39 is 6.29 Å². The Hall–Kier alpha value is -3.35. The van der Waals surface area contributed by atoms with E-state index in [1.807, 2.05) is 30.3 Å². The summed E-state index contributed by atoms with van der Waals surface area (Å²) in [5, 5.41) is 0. The Balaban J connectivity index is 1.46. The van der Waals surface area contributed by atoms with Crippen LogP contribution in [-0.2, 0) is 14.9 Å². The van der Waals surface area contributed by atoms with Crippen LogP contribution in [0, 0.1) is 5.82 Å². The molecule has 0 bridgehead atoms. The molecule has 0 saturated carbocycles. The number of nitrogens with zero attached hydrogens (tertiary/aromatic N) is 2. The van der Waals surface area contributed by atoms with Crippen molar-refractivity contribution < 1.29 is 13.9 Å². The highest BCUT2D eigenvalue weighted by atomic mass is 19.1. The molecule has 0 amide bonds. The van der Waals surface area contributed by atoms with Gasteiger partial charge in [0.25, 0.3) is 0 Å². The number of imidazole rings is 1. The summed E-state index contributed by atoms with van der Waals surface area (Å²) < 4.78 is 25.7. The van der Waals surface area contributed by atoms with Gasteiger partial charge in [-0.25, -0.2) is 9.37 Å². The van der Waals surface area contributed by atoms with Crippen molar-refractivity contribution in [2.75, 3.05) is 13.2 Å². The Morgan fingerprint density at radius 3 is 2.26 bits per heavy atom. The Bertz CT molecular complexity index is 1150. The van der Waals surface area contributed by atoms with Gasteiger partial charge in [0, 0.05) is 28.9 Å². The number of H-pyrrole nitrogens is 1. The standard InChI is InChI=1S/C25H22FN3O2/c1-25(19-5-3-2-4-6-19)15-30-24(31-16-25)23-28-21(17-7-9-20(26)10-8-17)22(29-23)18-11-13-27-14-12-18/h2-14,24H,15-16H2,1H3,(H,28,29). The lowest BCUT2D eigenvalue weighted by atomic mass is 9.83. The zero-order valence-electron chi connectivity index (χ0n) is 17.1. The lowest BCUT2D eigenvalue weighted by Gasteiger charge is -2.37. The molecule has 0 radical (unpaired) electrons. The molecule has 3 heterocycles. The molecule has 156 valence electrons. The van der Waals surface area contributed by atoms with E-state index >= 15 is 0 Å². The molecule has 1 aliphatic rings. The van der Waals surface area contributed by atoms with E-state index in [2.05, 4.69) is 29.0 Å². The summed E-state index contributed by atoms with van der Waals surface area (Å²) in [5.74, 6) is 0.297. The van der Waals surface area contributed by atoms with Crippen molar-refractivity contribution in [3.8, 4) is 22.5 Å². The molecule has 5 rings (SSSR count). The van der Waals surface area contributed by atoms with E-state index in [9.17, 15) is 4.39 Å². The first-order valence-corrected chi connectivity index (χ1v) is 10.2. The van der Waals surface area contributed by atoms with Crippen molar-refractivity contribution in [2.45, 2.75) is 18.6 Å². The molecule has 2 aromatic heterocycles. The van der Waals surface area contributed by atoms with Crippen LogP contribution in [-0.4, -0.2) is 28.2 Å². The summed E-state index contributed by atoms with van der Waals surface area (Å²) >= 11 is 0. The smallest absolute Gasteiger partial charge is 0.217 e. The zero-order chi connectivity index (χ0) is 21.3. The first-order valence-electron chi connectivity index (χ1n) is 10.2. The lowest BCUT2D eigenvalue weighted by molar-refractivity contribution is -0.214. The van der Waals surface area contributed by atoms with Gasteiger partial charge in [0.1, 0.15) is 5.82 Å². The molecule has 6 heteroatoms. The van der Waals surface area contributed by atoms with Gasteiger partial charge in [0.15, 0.2) is 5.82 Å². The fourth-order valence-corrected chi connectivity index (χ4v) is 3.82. The van der Waals surface area contributed by atoms with Crippen LogP contribution in [0.25, 0.3) is 22.5 Å². The number of benzene rings is 2. The van der Waals surface area contributed by atoms with E-state index in [4.69, 9.17) is 14.5 Å². The van der Waals surface area contributed by atoms with Crippen LogP contribution in [0.3, 0.4) is 0 Å². The molecule has 0 aliphatic carbocycles. The first-order chi connectivity index (χ1) is 15.1. The van der Waals surface area contributed by atoms with E-state index in [1.54, 1.807) is 24.5 Å². The van der Waals surface area contributed by atoms with Crippen LogP contribution in [0.15, 0.2) is 79.1 Å². The minimum absolute atomic E-state index is 0.224. The molecule has 0 atom stereocenters. The normalized spacial score (nSPS) is 21.2. The molecule has 1 saturated heterocycles. The predicted octanol–water partition coefficient (Wildman–Crippen LogP) is 5.28. The minimum atomic E-state index is -0.605. The molecular weight excluding hydrogens is 393 g/mol. The van der Waals surface area contributed by atoms with E-state index in [-0.39, 0.29) is 11.2 Å². The highest BCUT2D eigenvalue weighted by Crippen LogP contribution is 2.37. The summed E-state index contributed by atoms with van der Waals surface area (Å²) in [6.07, 6.45) is 2.85. The fraction of sp³-hybridized carbons (Fsp3) is 0.200. The highest BCUT2D eigenvalue weighted by Gasteiger charge is 2.36. The number of aromatic nitrogens is 3. The van der Waals surface area contributed by atoms with Crippen LogP contribution >= 0.6 is 0 Å². The second-order valence-corrected chi connectivity index (χ2v) is 7.97. The third kappa shape index (κ3) is 3.87. The number of hydrogen-bond acceptors (Lipinski definition) is 4. The number of rotatable bonds is 4. The minimum Gasteiger partial charge on any atom is -0.345 e. The summed E-state index contributed by atoms with van der Waals surface area (Å²) in [4.78, 5) is 12.2. The van der Waals surface area contributed by atoms with Crippen LogP contribution in [0.4, 0.5) is 4.39 Å². The summed E-state index contributed by atoms with van der Waals surface area (Å²) in [5.41, 5.74) is 4.21. The van der Waals surface area contributed by atoms with Crippen molar-refractivity contribution in [2.24, 2.45) is 0 Å². The maximum atomic E-state index is 13.5. The third-order valence-corrected chi connectivity index (χ3v) is 5.61. The molecule has 0 unspecified atom stereocenters. The maximum Gasteiger partial charge on any atom is 0.217 e. The van der Waals surface area contributed by atoms with Gasteiger partial charge in [0.05, 0.1) is 24.6 Å².